The van der Waals surface area contributed by atoms with Crippen LogP contribution >= 0.6 is 23.4 Å². The molecule has 0 aliphatic heterocycles. The average Bonchev–Trinajstić information content (AvgIpc) is 2.76. The SMILES string of the molecule is O=C(N/N=C\c1ccc(Sc2ccc(Cl)cc2)cc1)c1cccc2ccccc12. The number of hydrogen-bond acceptors (Lipinski definition) is 3. The van der Waals surface area contributed by atoms with Crippen molar-refractivity contribution in [2.75, 3.05) is 0 Å². The Morgan fingerprint density at radius 1 is 0.828 bits per heavy atom. The van der Waals surface area contributed by atoms with Crippen molar-refractivity contribution in [1.82, 2.24) is 5.43 Å². The van der Waals surface area contributed by atoms with Gasteiger partial charge in [0.25, 0.3) is 5.91 Å². The third-order valence-corrected chi connectivity index (χ3v) is 5.61. The summed E-state index contributed by atoms with van der Waals surface area (Å²) in [7, 11) is 0. The van der Waals surface area contributed by atoms with Gasteiger partial charge >= 0.3 is 0 Å². The molecule has 5 heteroatoms. The van der Waals surface area contributed by atoms with Gasteiger partial charge in [0, 0.05) is 20.4 Å². The number of halogens is 1. The molecule has 4 aromatic carbocycles. The fraction of sp³-hybridized carbons (Fsp3) is 0. The first-order valence-corrected chi connectivity index (χ1v) is 10.2. The van der Waals surface area contributed by atoms with Crippen LogP contribution in [0, 0.1) is 0 Å². The topological polar surface area (TPSA) is 41.5 Å². The lowest BCUT2D eigenvalue weighted by atomic mass is 10.0. The highest BCUT2D eigenvalue weighted by atomic mass is 35.5. The molecule has 0 saturated carbocycles. The van der Waals surface area contributed by atoms with E-state index < -0.39 is 0 Å². The van der Waals surface area contributed by atoms with Crippen LogP contribution in [0.4, 0.5) is 0 Å². The Morgan fingerprint density at radius 3 is 2.24 bits per heavy atom. The molecule has 3 nitrogen and oxygen atoms in total. The lowest BCUT2D eigenvalue weighted by Gasteiger charge is -2.05. The van der Waals surface area contributed by atoms with E-state index >= 15 is 0 Å². The number of nitrogens with zero attached hydrogens (tertiary/aromatic N) is 1. The summed E-state index contributed by atoms with van der Waals surface area (Å²) >= 11 is 7.58. The van der Waals surface area contributed by atoms with Gasteiger partial charge in [-0.1, -0.05) is 71.9 Å². The zero-order chi connectivity index (χ0) is 20.1. The van der Waals surface area contributed by atoms with Crippen molar-refractivity contribution in [1.29, 1.82) is 0 Å². The quantitative estimate of drug-likeness (QED) is 0.301. The highest BCUT2D eigenvalue weighted by Crippen LogP contribution is 2.28. The number of carbonyl (C=O) groups excluding carboxylic acids is 1. The van der Waals surface area contributed by atoms with Gasteiger partial charge in [-0.05, 0) is 58.8 Å². The molecule has 1 amide bonds. The molecule has 0 atom stereocenters. The van der Waals surface area contributed by atoms with Crippen LogP contribution < -0.4 is 5.43 Å². The van der Waals surface area contributed by atoms with Crippen LogP contribution in [0.1, 0.15) is 15.9 Å². The Balaban J connectivity index is 1.40. The molecule has 0 radical (unpaired) electrons. The minimum Gasteiger partial charge on any atom is -0.267 e. The lowest BCUT2D eigenvalue weighted by Crippen LogP contribution is -2.17. The van der Waals surface area contributed by atoms with Crippen molar-refractivity contribution in [3.05, 3.63) is 107 Å². The van der Waals surface area contributed by atoms with E-state index in [0.717, 1.165) is 31.1 Å². The number of carbonyl (C=O) groups is 1. The predicted octanol–water partition coefficient (Wildman–Crippen LogP) is 6.41. The normalized spacial score (nSPS) is 11.1. The molecule has 0 bridgehead atoms. The van der Waals surface area contributed by atoms with Gasteiger partial charge in [-0.2, -0.15) is 5.10 Å². The molecule has 0 aliphatic rings. The number of amides is 1. The van der Waals surface area contributed by atoms with Crippen LogP contribution in [0.2, 0.25) is 5.02 Å². The van der Waals surface area contributed by atoms with Crippen molar-refractivity contribution in [2.45, 2.75) is 9.79 Å². The second-order valence-electron chi connectivity index (χ2n) is 6.35. The van der Waals surface area contributed by atoms with E-state index in [9.17, 15) is 4.79 Å². The van der Waals surface area contributed by atoms with Crippen LogP contribution in [-0.2, 0) is 0 Å². The van der Waals surface area contributed by atoms with Gasteiger partial charge in [0.05, 0.1) is 6.21 Å². The summed E-state index contributed by atoms with van der Waals surface area (Å²) in [4.78, 5) is 14.7. The van der Waals surface area contributed by atoms with E-state index in [1.54, 1.807) is 24.0 Å². The monoisotopic (exact) mass is 416 g/mol. The highest BCUT2D eigenvalue weighted by molar-refractivity contribution is 7.99. The molecule has 0 spiro atoms. The van der Waals surface area contributed by atoms with Crippen LogP contribution in [0.3, 0.4) is 0 Å². The third-order valence-electron chi connectivity index (χ3n) is 4.34. The molecule has 4 aromatic rings. The predicted molar refractivity (Wildman–Crippen MR) is 121 cm³/mol. The molecular weight excluding hydrogens is 400 g/mol. The molecule has 0 aliphatic carbocycles. The van der Waals surface area contributed by atoms with Crippen molar-refractivity contribution in [2.24, 2.45) is 5.10 Å². The van der Waals surface area contributed by atoms with Gasteiger partial charge in [0.1, 0.15) is 0 Å². The molecule has 4 rings (SSSR count). The van der Waals surface area contributed by atoms with Crippen LogP contribution in [-0.4, -0.2) is 12.1 Å². The summed E-state index contributed by atoms with van der Waals surface area (Å²) < 4.78 is 0. The first-order valence-electron chi connectivity index (χ1n) is 9.04. The van der Waals surface area contributed by atoms with Crippen LogP contribution in [0.15, 0.2) is 106 Å². The molecule has 0 fully saturated rings. The van der Waals surface area contributed by atoms with E-state index in [-0.39, 0.29) is 5.91 Å². The summed E-state index contributed by atoms with van der Waals surface area (Å²) in [6.07, 6.45) is 1.64. The maximum Gasteiger partial charge on any atom is 0.271 e. The van der Waals surface area contributed by atoms with Gasteiger partial charge in [-0.25, -0.2) is 5.43 Å². The van der Waals surface area contributed by atoms with Crippen molar-refractivity contribution < 1.29 is 4.79 Å². The zero-order valence-corrected chi connectivity index (χ0v) is 17.0. The summed E-state index contributed by atoms with van der Waals surface area (Å²) in [6.45, 7) is 0. The second-order valence-corrected chi connectivity index (χ2v) is 7.93. The molecule has 0 unspecified atom stereocenters. The molecular formula is C24H17ClN2OS. The number of hydrazone groups is 1. The minimum absolute atomic E-state index is 0.229. The van der Waals surface area contributed by atoms with Gasteiger partial charge in [-0.3, -0.25) is 4.79 Å². The smallest absolute Gasteiger partial charge is 0.267 e. The summed E-state index contributed by atoms with van der Waals surface area (Å²) in [5.74, 6) is -0.229. The summed E-state index contributed by atoms with van der Waals surface area (Å²) in [5.41, 5.74) is 4.12. The number of benzene rings is 4. The molecule has 142 valence electrons. The van der Waals surface area contributed by atoms with Crippen LogP contribution in [0.25, 0.3) is 10.8 Å². The van der Waals surface area contributed by atoms with E-state index in [2.05, 4.69) is 10.5 Å². The van der Waals surface area contributed by atoms with Crippen molar-refractivity contribution >= 4 is 46.3 Å². The molecule has 1 N–H and O–H groups in total. The lowest BCUT2D eigenvalue weighted by molar-refractivity contribution is 0.0957. The molecule has 0 heterocycles. The standard InChI is InChI=1S/C24H17ClN2OS/c25-19-10-14-21(15-11-19)29-20-12-8-17(9-13-20)16-26-27-24(28)23-7-3-5-18-4-1-2-6-22(18)23/h1-16H,(H,27,28)/b26-16-. The van der Waals surface area contributed by atoms with Gasteiger partial charge in [0.15, 0.2) is 0 Å². The Labute approximate surface area is 178 Å². The first kappa shape index (κ1) is 19.2. The maximum atomic E-state index is 12.5. The Bertz CT molecular complexity index is 1170. The summed E-state index contributed by atoms with van der Waals surface area (Å²) in [6, 6.07) is 29.2. The van der Waals surface area contributed by atoms with Crippen molar-refractivity contribution in [3.8, 4) is 0 Å². The fourth-order valence-corrected chi connectivity index (χ4v) is 3.85. The minimum atomic E-state index is -0.229. The highest BCUT2D eigenvalue weighted by Gasteiger charge is 2.08. The summed E-state index contributed by atoms with van der Waals surface area (Å²) in [5, 5.41) is 6.76. The van der Waals surface area contributed by atoms with E-state index in [1.807, 2.05) is 84.9 Å². The molecule has 0 saturated heterocycles. The maximum absolute atomic E-state index is 12.5. The Hall–Kier alpha value is -3.08. The number of fused-ring (bicyclic) bond motifs is 1. The number of nitrogens with one attached hydrogen (secondary N) is 1. The number of hydrogen-bond donors (Lipinski definition) is 1. The molecule has 29 heavy (non-hydrogen) atoms. The second kappa shape index (κ2) is 8.95. The van der Waals surface area contributed by atoms with E-state index in [4.69, 9.17) is 11.6 Å². The molecule has 0 aromatic heterocycles. The van der Waals surface area contributed by atoms with E-state index in [0.29, 0.717) is 5.56 Å². The fourth-order valence-electron chi connectivity index (χ4n) is 2.91. The zero-order valence-electron chi connectivity index (χ0n) is 15.4. The van der Waals surface area contributed by atoms with Gasteiger partial charge in [0.2, 0.25) is 0 Å². The van der Waals surface area contributed by atoms with E-state index in [1.165, 1.54) is 0 Å². The number of rotatable bonds is 5. The van der Waals surface area contributed by atoms with Gasteiger partial charge in [-0.15, -0.1) is 0 Å². The Kier molecular flexibility index (Phi) is 5.94. The largest absolute Gasteiger partial charge is 0.271 e. The first-order chi connectivity index (χ1) is 14.2. The average molecular weight is 417 g/mol. The third kappa shape index (κ3) is 4.86. The van der Waals surface area contributed by atoms with Crippen molar-refractivity contribution in [3.63, 3.8) is 0 Å². The Morgan fingerprint density at radius 2 is 1.48 bits per heavy atom. The van der Waals surface area contributed by atoms with Crippen LogP contribution in [0.5, 0.6) is 0 Å². The van der Waals surface area contributed by atoms with Gasteiger partial charge < -0.3 is 0 Å².